The minimum Gasteiger partial charge on any atom is -0.269 e. The van der Waals surface area contributed by atoms with Gasteiger partial charge in [0.2, 0.25) is 0 Å². The van der Waals surface area contributed by atoms with Gasteiger partial charge in [-0.05, 0) is 19.1 Å². The van der Waals surface area contributed by atoms with Crippen molar-refractivity contribution < 1.29 is 9.59 Å². The highest BCUT2D eigenvalue weighted by Gasteiger charge is 2.35. The summed E-state index contributed by atoms with van der Waals surface area (Å²) in [5.74, 6) is -0.666. The van der Waals surface area contributed by atoms with Crippen LogP contribution in [0.25, 0.3) is 0 Å². The SMILES string of the molecule is C/C=C(\C#N)CN1C(=O)c2ccccc2C1=O. The molecule has 1 aliphatic heterocycles. The fourth-order valence-corrected chi connectivity index (χ4v) is 1.74. The van der Waals surface area contributed by atoms with E-state index in [1.165, 1.54) is 0 Å². The molecule has 2 rings (SSSR count). The van der Waals surface area contributed by atoms with Crippen molar-refractivity contribution in [3.05, 3.63) is 47.0 Å². The summed E-state index contributed by atoms with van der Waals surface area (Å²) in [5, 5.41) is 8.81. The fraction of sp³-hybridized carbons (Fsp3) is 0.154. The molecule has 0 spiro atoms. The lowest BCUT2D eigenvalue weighted by Gasteiger charge is -2.12. The molecule has 0 saturated heterocycles. The number of allylic oxidation sites excluding steroid dienone is 1. The first-order chi connectivity index (χ1) is 8.19. The lowest BCUT2D eigenvalue weighted by Crippen LogP contribution is -2.31. The van der Waals surface area contributed by atoms with Crippen molar-refractivity contribution in [2.45, 2.75) is 6.92 Å². The van der Waals surface area contributed by atoms with Crippen LogP contribution >= 0.6 is 0 Å². The monoisotopic (exact) mass is 226 g/mol. The van der Waals surface area contributed by atoms with Crippen LogP contribution < -0.4 is 0 Å². The molecule has 4 heteroatoms. The molecular formula is C13H10N2O2. The lowest BCUT2D eigenvalue weighted by atomic mass is 10.1. The molecule has 0 bridgehead atoms. The van der Waals surface area contributed by atoms with Gasteiger partial charge < -0.3 is 0 Å². The van der Waals surface area contributed by atoms with Crippen molar-refractivity contribution >= 4 is 11.8 Å². The maximum Gasteiger partial charge on any atom is 0.261 e. The van der Waals surface area contributed by atoms with Crippen LogP contribution in [-0.4, -0.2) is 23.3 Å². The maximum atomic E-state index is 11.9. The average Bonchev–Trinajstić information content (AvgIpc) is 2.61. The van der Waals surface area contributed by atoms with Gasteiger partial charge in [0.1, 0.15) is 0 Å². The normalized spacial score (nSPS) is 14.8. The molecule has 0 unspecified atom stereocenters. The molecule has 0 aromatic heterocycles. The van der Waals surface area contributed by atoms with Gasteiger partial charge in [0, 0.05) is 5.57 Å². The molecule has 84 valence electrons. The third-order valence-corrected chi connectivity index (χ3v) is 2.70. The van der Waals surface area contributed by atoms with Crippen LogP contribution in [0.4, 0.5) is 0 Å². The average molecular weight is 226 g/mol. The van der Waals surface area contributed by atoms with Gasteiger partial charge in [0.25, 0.3) is 11.8 Å². The minimum atomic E-state index is -0.333. The van der Waals surface area contributed by atoms with E-state index in [1.54, 1.807) is 37.3 Å². The molecule has 0 fully saturated rings. The Hall–Kier alpha value is -2.41. The summed E-state index contributed by atoms with van der Waals surface area (Å²) in [6, 6.07) is 8.64. The topological polar surface area (TPSA) is 61.2 Å². The number of fused-ring (bicyclic) bond motifs is 1. The molecule has 0 saturated carbocycles. The fourth-order valence-electron chi connectivity index (χ4n) is 1.74. The van der Waals surface area contributed by atoms with Crippen molar-refractivity contribution in [3.8, 4) is 6.07 Å². The molecule has 0 radical (unpaired) electrons. The number of carbonyl (C=O) groups excluding carboxylic acids is 2. The zero-order valence-electron chi connectivity index (χ0n) is 9.30. The van der Waals surface area contributed by atoms with E-state index in [2.05, 4.69) is 0 Å². The summed E-state index contributed by atoms with van der Waals surface area (Å²) in [6.07, 6.45) is 1.60. The standard InChI is InChI=1S/C13H10N2O2/c1-2-9(7-14)8-15-12(16)10-5-3-4-6-11(10)13(15)17/h2-6H,8H2,1H3/b9-2+. The molecule has 1 heterocycles. The lowest BCUT2D eigenvalue weighted by molar-refractivity contribution is 0.0669. The van der Waals surface area contributed by atoms with Gasteiger partial charge in [0.05, 0.1) is 23.7 Å². The Bertz CT molecular complexity index is 532. The number of amides is 2. The summed E-state index contributed by atoms with van der Waals surface area (Å²) in [5.41, 5.74) is 1.22. The number of hydrogen-bond donors (Lipinski definition) is 0. The highest BCUT2D eigenvalue weighted by molar-refractivity contribution is 6.21. The summed E-state index contributed by atoms with van der Waals surface area (Å²) in [6.45, 7) is 1.75. The zero-order valence-corrected chi connectivity index (χ0v) is 9.30. The number of nitrogens with zero attached hydrogens (tertiary/aromatic N) is 2. The van der Waals surface area contributed by atoms with Gasteiger partial charge in [-0.3, -0.25) is 14.5 Å². The Morgan fingerprint density at radius 3 is 2.24 bits per heavy atom. The first-order valence-corrected chi connectivity index (χ1v) is 5.19. The number of carbonyl (C=O) groups is 2. The number of rotatable bonds is 2. The molecule has 0 aliphatic carbocycles. The molecule has 0 atom stereocenters. The van der Waals surface area contributed by atoms with Crippen LogP contribution in [0.5, 0.6) is 0 Å². The van der Waals surface area contributed by atoms with Gasteiger partial charge in [-0.1, -0.05) is 18.2 Å². The predicted molar refractivity (Wildman–Crippen MR) is 61.2 cm³/mol. The molecular weight excluding hydrogens is 216 g/mol. The second-order valence-electron chi connectivity index (χ2n) is 3.67. The number of nitriles is 1. The van der Waals surface area contributed by atoms with Crippen molar-refractivity contribution in [3.63, 3.8) is 0 Å². The smallest absolute Gasteiger partial charge is 0.261 e. The summed E-state index contributed by atoms with van der Waals surface area (Å²) < 4.78 is 0. The van der Waals surface area contributed by atoms with Gasteiger partial charge in [-0.2, -0.15) is 5.26 Å². The predicted octanol–water partition coefficient (Wildman–Crippen LogP) is 1.75. The Morgan fingerprint density at radius 2 is 1.82 bits per heavy atom. The van der Waals surface area contributed by atoms with Crippen molar-refractivity contribution in [2.75, 3.05) is 6.54 Å². The molecule has 17 heavy (non-hydrogen) atoms. The van der Waals surface area contributed by atoms with Crippen molar-refractivity contribution in [1.29, 1.82) is 5.26 Å². The number of imide groups is 1. The maximum absolute atomic E-state index is 11.9. The Labute approximate surface area is 98.8 Å². The van der Waals surface area contributed by atoms with Crippen LogP contribution in [0, 0.1) is 11.3 Å². The molecule has 4 nitrogen and oxygen atoms in total. The Kier molecular flexibility index (Phi) is 2.75. The van der Waals surface area contributed by atoms with Crippen LogP contribution in [0.1, 0.15) is 27.6 Å². The number of benzene rings is 1. The molecule has 1 aliphatic rings. The van der Waals surface area contributed by atoms with Crippen molar-refractivity contribution in [2.24, 2.45) is 0 Å². The van der Waals surface area contributed by atoms with Gasteiger partial charge in [-0.25, -0.2) is 0 Å². The first kappa shape index (κ1) is 11.1. The zero-order chi connectivity index (χ0) is 12.4. The molecule has 1 aromatic carbocycles. The van der Waals surface area contributed by atoms with E-state index < -0.39 is 0 Å². The molecule has 0 N–H and O–H groups in total. The first-order valence-electron chi connectivity index (χ1n) is 5.19. The van der Waals surface area contributed by atoms with Crippen LogP contribution in [0.2, 0.25) is 0 Å². The van der Waals surface area contributed by atoms with Gasteiger partial charge in [-0.15, -0.1) is 0 Å². The van der Waals surface area contributed by atoms with E-state index in [9.17, 15) is 9.59 Å². The Balaban J connectivity index is 2.34. The van der Waals surface area contributed by atoms with Crippen LogP contribution in [-0.2, 0) is 0 Å². The number of hydrogen-bond acceptors (Lipinski definition) is 3. The van der Waals surface area contributed by atoms with E-state index in [0.29, 0.717) is 16.7 Å². The summed E-state index contributed by atoms with van der Waals surface area (Å²) >= 11 is 0. The summed E-state index contributed by atoms with van der Waals surface area (Å²) in [7, 11) is 0. The molecule has 1 aromatic rings. The van der Waals surface area contributed by atoms with Gasteiger partial charge in [0.15, 0.2) is 0 Å². The minimum absolute atomic E-state index is 0.0410. The van der Waals surface area contributed by atoms with Crippen LogP contribution in [0.3, 0.4) is 0 Å². The molecule has 2 amide bonds. The largest absolute Gasteiger partial charge is 0.269 e. The van der Waals surface area contributed by atoms with Crippen LogP contribution in [0.15, 0.2) is 35.9 Å². The van der Waals surface area contributed by atoms with Gasteiger partial charge >= 0.3 is 0 Å². The van der Waals surface area contributed by atoms with E-state index in [-0.39, 0.29) is 18.4 Å². The second kappa shape index (κ2) is 4.22. The third kappa shape index (κ3) is 1.72. The highest BCUT2D eigenvalue weighted by Crippen LogP contribution is 2.22. The summed E-state index contributed by atoms with van der Waals surface area (Å²) in [4.78, 5) is 25.0. The van der Waals surface area contributed by atoms with E-state index in [4.69, 9.17) is 5.26 Å². The highest BCUT2D eigenvalue weighted by atomic mass is 16.2. The van der Waals surface area contributed by atoms with Crippen molar-refractivity contribution in [1.82, 2.24) is 4.90 Å². The Morgan fingerprint density at radius 1 is 1.29 bits per heavy atom. The third-order valence-electron chi connectivity index (χ3n) is 2.70. The van der Waals surface area contributed by atoms with E-state index in [1.807, 2.05) is 6.07 Å². The van der Waals surface area contributed by atoms with E-state index >= 15 is 0 Å². The second-order valence-corrected chi connectivity index (χ2v) is 3.67. The van der Waals surface area contributed by atoms with E-state index in [0.717, 1.165) is 4.90 Å². The quantitative estimate of drug-likeness (QED) is 0.570.